The Morgan fingerprint density at radius 1 is 0.755 bits per heavy atom. The summed E-state index contributed by atoms with van der Waals surface area (Å²) in [5.74, 6) is 0. The highest BCUT2D eigenvalue weighted by Gasteiger charge is 2.33. The van der Waals surface area contributed by atoms with Gasteiger partial charge in [0.1, 0.15) is 0 Å². The van der Waals surface area contributed by atoms with Gasteiger partial charge in [0.15, 0.2) is 0 Å². The third-order valence-corrected chi connectivity index (χ3v) is 8.75. The molecule has 2 heterocycles. The maximum absolute atomic E-state index is 12.9. The van der Waals surface area contributed by atoms with Crippen LogP contribution in [-0.4, -0.2) is 92.8 Å². The van der Waals surface area contributed by atoms with Crippen molar-refractivity contribution in [2.45, 2.75) is 102 Å². The Balaban J connectivity index is 0.000000267. The van der Waals surface area contributed by atoms with E-state index in [1.807, 2.05) is 4.90 Å². The van der Waals surface area contributed by atoms with Gasteiger partial charge in [-0.15, -0.1) is 0 Å². The quantitative estimate of drug-likeness (QED) is 0.138. The summed E-state index contributed by atoms with van der Waals surface area (Å²) < 4.78 is 77.4. The van der Waals surface area contributed by atoms with Crippen LogP contribution in [0.5, 0.6) is 0 Å². The van der Waals surface area contributed by atoms with Crippen LogP contribution >= 0.6 is 11.6 Å². The predicted molar refractivity (Wildman–Crippen MR) is 178 cm³/mol. The number of halogens is 7. The minimum absolute atomic E-state index is 0.0586. The molecular weight excluding hydrogens is 674 g/mol. The summed E-state index contributed by atoms with van der Waals surface area (Å²) in [6, 6.07) is 11.0. The van der Waals surface area contributed by atoms with Crippen LogP contribution in [0.2, 0.25) is 0 Å². The molecule has 2 aliphatic heterocycles. The number of piperidine rings is 2. The molecule has 2 fully saturated rings. The highest BCUT2D eigenvalue weighted by Crippen LogP contribution is 2.32. The van der Waals surface area contributed by atoms with Gasteiger partial charge in [-0.05, 0) is 101 Å². The summed E-state index contributed by atoms with van der Waals surface area (Å²) in [6.45, 7) is 11.1. The minimum atomic E-state index is -4.39. The SMILES string of the molecule is CC(C)(O)CN(Cc1cccc(C(F)(F)F)c1)C1CCN(C(=O)Cl)CC1.CC(C)(O)CN(Cc1cccc(C(F)(F)F)c1)C1CCNCC1. The first kappa shape index (κ1) is 41.0. The third-order valence-electron chi connectivity index (χ3n) is 8.51. The van der Waals surface area contributed by atoms with E-state index in [1.165, 1.54) is 18.2 Å². The summed E-state index contributed by atoms with van der Waals surface area (Å²) in [6.07, 6.45) is -5.51. The Kier molecular flexibility index (Phi) is 14.4. The van der Waals surface area contributed by atoms with Crippen molar-refractivity contribution in [1.82, 2.24) is 20.0 Å². The van der Waals surface area contributed by atoms with Gasteiger partial charge in [-0.25, -0.2) is 0 Å². The molecule has 276 valence electrons. The van der Waals surface area contributed by atoms with E-state index in [0.717, 1.165) is 44.1 Å². The van der Waals surface area contributed by atoms with Crippen LogP contribution in [0.4, 0.5) is 31.1 Å². The number of aliphatic hydroxyl groups is 2. The predicted octanol–water partition coefficient (Wildman–Crippen LogP) is 7.13. The lowest BCUT2D eigenvalue weighted by atomic mass is 9.99. The van der Waals surface area contributed by atoms with Crippen molar-refractivity contribution in [1.29, 1.82) is 0 Å². The van der Waals surface area contributed by atoms with Gasteiger partial charge in [0, 0.05) is 51.4 Å². The normalized spacial score (nSPS) is 17.3. The van der Waals surface area contributed by atoms with Crippen LogP contribution in [0.15, 0.2) is 48.5 Å². The van der Waals surface area contributed by atoms with Gasteiger partial charge in [0.25, 0.3) is 0 Å². The summed E-state index contributed by atoms with van der Waals surface area (Å²) in [5, 5.41) is 23.2. The number of carbonyl (C=O) groups excluding carboxylic acids is 1. The van der Waals surface area contributed by atoms with Gasteiger partial charge in [-0.1, -0.05) is 36.4 Å². The zero-order valence-corrected chi connectivity index (χ0v) is 29.3. The Labute approximate surface area is 290 Å². The smallest absolute Gasteiger partial charge is 0.389 e. The van der Waals surface area contributed by atoms with Crippen molar-refractivity contribution in [2.75, 3.05) is 39.3 Å². The van der Waals surface area contributed by atoms with Gasteiger partial charge in [-0.3, -0.25) is 14.6 Å². The van der Waals surface area contributed by atoms with Crippen molar-refractivity contribution in [3.63, 3.8) is 0 Å². The topological polar surface area (TPSA) is 79.3 Å². The molecule has 2 aromatic carbocycles. The van der Waals surface area contributed by atoms with E-state index in [2.05, 4.69) is 10.2 Å². The Morgan fingerprint density at radius 3 is 1.49 bits per heavy atom. The largest absolute Gasteiger partial charge is 0.416 e. The first-order valence-corrected chi connectivity index (χ1v) is 16.9. The Bertz CT molecular complexity index is 1330. The van der Waals surface area contributed by atoms with E-state index in [-0.39, 0.29) is 12.1 Å². The standard InChI is InChI=1S/C18H24ClF3N2O2.C17H25F3N2O/c1-17(2,26)12-24(15-6-8-23(9-7-15)16(19)25)11-13-4-3-5-14(10-13)18(20,21)22;1-16(2,23)12-22(15-6-8-21-9-7-15)11-13-4-3-5-14(10-13)17(18,19)20/h3-5,10,15,26H,6-9,11-12H2,1-2H3;3-5,10,15,21,23H,6-9,11-12H2,1-2H3. The first-order chi connectivity index (χ1) is 22.6. The molecule has 1 amide bonds. The number of amides is 1. The first-order valence-electron chi connectivity index (χ1n) is 16.5. The van der Waals surface area contributed by atoms with E-state index < -0.39 is 40.0 Å². The molecule has 2 aromatic rings. The molecule has 2 saturated heterocycles. The second-order valence-corrected chi connectivity index (χ2v) is 14.6. The number of hydrogen-bond acceptors (Lipinski definition) is 6. The molecule has 0 unspecified atom stereocenters. The van der Waals surface area contributed by atoms with Gasteiger partial charge < -0.3 is 20.4 Å². The number of benzene rings is 2. The van der Waals surface area contributed by atoms with Crippen LogP contribution in [-0.2, 0) is 25.4 Å². The van der Waals surface area contributed by atoms with E-state index in [4.69, 9.17) is 11.6 Å². The van der Waals surface area contributed by atoms with Crippen molar-refractivity contribution in [3.05, 3.63) is 70.8 Å². The molecule has 7 nitrogen and oxygen atoms in total. The number of nitrogens with one attached hydrogen (secondary N) is 1. The van der Waals surface area contributed by atoms with Crippen LogP contribution in [0.1, 0.15) is 75.6 Å². The summed E-state index contributed by atoms with van der Waals surface area (Å²) in [4.78, 5) is 16.9. The molecule has 4 rings (SSSR count). The van der Waals surface area contributed by atoms with Crippen LogP contribution in [0.25, 0.3) is 0 Å². The van der Waals surface area contributed by atoms with Crippen molar-refractivity contribution in [2.24, 2.45) is 0 Å². The second kappa shape index (κ2) is 17.2. The average Bonchev–Trinajstić information content (AvgIpc) is 2.99. The van der Waals surface area contributed by atoms with Crippen molar-refractivity contribution < 1.29 is 41.4 Å². The monoisotopic (exact) mass is 722 g/mol. The zero-order valence-electron chi connectivity index (χ0n) is 28.5. The van der Waals surface area contributed by atoms with E-state index in [9.17, 15) is 41.4 Å². The Hall–Kier alpha value is -2.42. The number of alkyl halides is 6. The highest BCUT2D eigenvalue weighted by atomic mass is 35.5. The van der Waals surface area contributed by atoms with Crippen LogP contribution < -0.4 is 5.32 Å². The minimum Gasteiger partial charge on any atom is -0.389 e. The molecule has 49 heavy (non-hydrogen) atoms. The molecule has 0 atom stereocenters. The number of likely N-dealkylation sites (tertiary alicyclic amines) is 1. The van der Waals surface area contributed by atoms with E-state index in [1.54, 1.807) is 44.7 Å². The molecule has 0 radical (unpaired) electrons. The lowest BCUT2D eigenvalue weighted by Crippen LogP contribution is -2.49. The van der Waals surface area contributed by atoms with E-state index in [0.29, 0.717) is 63.2 Å². The average molecular weight is 723 g/mol. The molecule has 0 bridgehead atoms. The molecular formula is C35H49ClF6N4O3. The van der Waals surface area contributed by atoms with Crippen molar-refractivity contribution in [3.8, 4) is 0 Å². The van der Waals surface area contributed by atoms with Gasteiger partial charge in [-0.2, -0.15) is 26.3 Å². The lowest BCUT2D eigenvalue weighted by molar-refractivity contribution is -0.138. The molecule has 14 heteroatoms. The van der Waals surface area contributed by atoms with Gasteiger partial charge in [0.2, 0.25) is 0 Å². The van der Waals surface area contributed by atoms with Crippen LogP contribution in [0, 0.1) is 0 Å². The fourth-order valence-corrected chi connectivity index (χ4v) is 6.53. The molecule has 2 aliphatic rings. The highest BCUT2D eigenvalue weighted by molar-refractivity contribution is 6.62. The maximum Gasteiger partial charge on any atom is 0.416 e. The van der Waals surface area contributed by atoms with Gasteiger partial charge in [0.05, 0.1) is 22.3 Å². The van der Waals surface area contributed by atoms with E-state index >= 15 is 0 Å². The van der Waals surface area contributed by atoms with Crippen molar-refractivity contribution >= 4 is 17.0 Å². The summed E-state index contributed by atoms with van der Waals surface area (Å²) >= 11 is 5.51. The van der Waals surface area contributed by atoms with Crippen LogP contribution in [0.3, 0.4) is 0 Å². The number of carbonyl (C=O) groups is 1. The molecule has 0 aliphatic carbocycles. The molecule has 3 N–H and O–H groups in total. The second-order valence-electron chi connectivity index (χ2n) is 14.3. The molecule has 0 aromatic heterocycles. The molecule has 0 saturated carbocycles. The van der Waals surface area contributed by atoms with Gasteiger partial charge >= 0.3 is 17.7 Å². The fourth-order valence-electron chi connectivity index (χ4n) is 6.36. The fraction of sp³-hybridized carbons (Fsp3) is 0.629. The number of hydrogen-bond donors (Lipinski definition) is 3. The summed E-state index contributed by atoms with van der Waals surface area (Å²) in [5.41, 5.74) is -2.00. The number of nitrogens with zero attached hydrogens (tertiary/aromatic N) is 3. The Morgan fingerprint density at radius 2 is 1.14 bits per heavy atom. The molecule has 0 spiro atoms. The lowest BCUT2D eigenvalue weighted by Gasteiger charge is -2.40. The summed E-state index contributed by atoms with van der Waals surface area (Å²) in [7, 11) is 0. The number of rotatable bonds is 10. The third kappa shape index (κ3) is 14.4. The zero-order chi connectivity index (χ0) is 36.6. The maximum atomic E-state index is 12.9.